The minimum Gasteiger partial charge on any atom is -0.327 e. The summed E-state index contributed by atoms with van der Waals surface area (Å²) in [6, 6.07) is 8.57. The van der Waals surface area contributed by atoms with E-state index in [4.69, 9.17) is 25.8 Å². The molecule has 0 N–H and O–H groups in total. The fraction of sp³-hybridized carbons (Fsp3) is 0.769. The molecule has 0 aliphatic heterocycles. The van der Waals surface area contributed by atoms with E-state index in [1.807, 2.05) is 0 Å². The average molecular weight is 441 g/mol. The van der Waals surface area contributed by atoms with Crippen molar-refractivity contribution in [1.82, 2.24) is 0 Å². The molecule has 3 nitrogen and oxygen atoms in total. The Morgan fingerprint density at radius 2 is 1.20 bits per heavy atom. The van der Waals surface area contributed by atoms with Crippen LogP contribution in [0.25, 0.3) is 0 Å². The van der Waals surface area contributed by atoms with E-state index in [1.54, 1.807) is 0 Å². The third-order valence-corrected chi connectivity index (χ3v) is 5.64. The number of ether oxygens (including phenoxy) is 3. The molecule has 0 saturated carbocycles. The highest BCUT2D eigenvalue weighted by Gasteiger charge is 2.43. The first-order valence-corrected chi connectivity index (χ1v) is 12.8. The molecule has 1 atom stereocenters. The van der Waals surface area contributed by atoms with Crippen LogP contribution in [0.5, 0.6) is 0 Å². The topological polar surface area (TPSA) is 27.7 Å². The van der Waals surface area contributed by atoms with Crippen LogP contribution in [0.4, 0.5) is 0 Å². The Labute approximate surface area is 190 Å². The lowest BCUT2D eigenvalue weighted by atomic mass is 9.89. The molecule has 0 spiro atoms. The van der Waals surface area contributed by atoms with E-state index in [0.29, 0.717) is 25.7 Å². The first-order valence-electron chi connectivity index (χ1n) is 12.2. The van der Waals surface area contributed by atoms with Crippen molar-refractivity contribution in [1.29, 1.82) is 0 Å². The summed E-state index contributed by atoms with van der Waals surface area (Å²) in [7, 11) is 0. The molecular formula is C26H45ClO3. The quantitative estimate of drug-likeness (QED) is 0.123. The number of rotatable bonds is 19. The molecule has 0 saturated heterocycles. The number of unbranched alkanes of at least 4 members (excludes halogenated alkanes) is 5. The smallest absolute Gasteiger partial charge is 0.290 e. The van der Waals surface area contributed by atoms with Gasteiger partial charge in [-0.3, -0.25) is 0 Å². The van der Waals surface area contributed by atoms with Gasteiger partial charge in [0.15, 0.2) is 0 Å². The largest absolute Gasteiger partial charge is 0.327 e. The van der Waals surface area contributed by atoms with Crippen LogP contribution in [0, 0.1) is 0 Å². The van der Waals surface area contributed by atoms with E-state index >= 15 is 0 Å². The monoisotopic (exact) mass is 440 g/mol. The van der Waals surface area contributed by atoms with Crippen LogP contribution < -0.4 is 0 Å². The fourth-order valence-corrected chi connectivity index (χ4v) is 3.85. The average Bonchev–Trinajstić information content (AvgIpc) is 2.79. The molecular weight excluding hydrogens is 396 g/mol. The summed E-state index contributed by atoms with van der Waals surface area (Å²) >= 11 is 6.02. The van der Waals surface area contributed by atoms with Gasteiger partial charge in [0.05, 0.1) is 25.7 Å². The normalized spacial score (nSPS) is 13.0. The van der Waals surface area contributed by atoms with Crippen molar-refractivity contribution < 1.29 is 14.2 Å². The van der Waals surface area contributed by atoms with Crippen LogP contribution in [0.3, 0.4) is 0 Å². The van der Waals surface area contributed by atoms with Crippen molar-refractivity contribution >= 4 is 11.6 Å². The third kappa shape index (κ3) is 9.68. The van der Waals surface area contributed by atoms with Gasteiger partial charge in [0.2, 0.25) is 0 Å². The van der Waals surface area contributed by atoms with Gasteiger partial charge in [0.1, 0.15) is 0 Å². The Morgan fingerprint density at radius 3 is 1.67 bits per heavy atom. The van der Waals surface area contributed by atoms with Gasteiger partial charge in [-0.25, -0.2) is 0 Å². The molecule has 1 rings (SSSR count). The number of hydrogen-bond donors (Lipinski definition) is 0. The lowest BCUT2D eigenvalue weighted by molar-refractivity contribution is -0.392. The minimum absolute atomic E-state index is 0.0395. The molecule has 4 heteroatoms. The van der Waals surface area contributed by atoms with Crippen LogP contribution in [0.1, 0.15) is 109 Å². The number of alkyl halides is 1. The van der Waals surface area contributed by atoms with Crippen LogP contribution in [0.15, 0.2) is 24.3 Å². The highest BCUT2D eigenvalue weighted by molar-refractivity contribution is 6.17. The molecule has 0 aliphatic carbocycles. The van der Waals surface area contributed by atoms with Crippen molar-refractivity contribution in [2.24, 2.45) is 0 Å². The molecule has 0 aliphatic rings. The number of hydrogen-bond acceptors (Lipinski definition) is 3. The zero-order valence-corrected chi connectivity index (χ0v) is 20.6. The van der Waals surface area contributed by atoms with Crippen molar-refractivity contribution in [2.75, 3.05) is 19.8 Å². The second-order valence-corrected chi connectivity index (χ2v) is 8.40. The maximum atomic E-state index is 6.38. The predicted molar refractivity (Wildman–Crippen MR) is 128 cm³/mol. The van der Waals surface area contributed by atoms with Gasteiger partial charge in [-0.1, -0.05) is 90.5 Å². The predicted octanol–water partition coefficient (Wildman–Crippen LogP) is 8.19. The SMILES string of the molecule is CCCCCCCCC(c1ccc(CCl)cc1)C(OCCC)(OCCC)OCCC. The Balaban J connectivity index is 3.12. The van der Waals surface area contributed by atoms with Crippen molar-refractivity contribution in [2.45, 2.75) is 110 Å². The molecule has 0 bridgehead atoms. The fourth-order valence-electron chi connectivity index (χ4n) is 3.68. The van der Waals surface area contributed by atoms with E-state index in [9.17, 15) is 0 Å². The van der Waals surface area contributed by atoms with Gasteiger partial charge < -0.3 is 14.2 Å². The van der Waals surface area contributed by atoms with Gasteiger partial charge in [0, 0.05) is 5.88 Å². The molecule has 1 aromatic rings. The molecule has 1 unspecified atom stereocenters. The Morgan fingerprint density at radius 1 is 0.700 bits per heavy atom. The molecule has 0 aromatic heterocycles. The van der Waals surface area contributed by atoms with Crippen LogP contribution >= 0.6 is 11.6 Å². The minimum atomic E-state index is -1.02. The Hall–Kier alpha value is -0.610. The molecule has 0 heterocycles. The second kappa shape index (κ2) is 17.0. The van der Waals surface area contributed by atoms with Crippen LogP contribution in [0.2, 0.25) is 0 Å². The van der Waals surface area contributed by atoms with E-state index < -0.39 is 5.97 Å². The summed E-state index contributed by atoms with van der Waals surface area (Å²) in [5.74, 6) is -0.454. The van der Waals surface area contributed by atoms with Gasteiger partial charge in [-0.15, -0.1) is 11.6 Å². The molecule has 0 radical (unpaired) electrons. The lowest BCUT2D eigenvalue weighted by Crippen LogP contribution is -2.46. The Bertz CT molecular complexity index is 496. The van der Waals surface area contributed by atoms with E-state index in [0.717, 1.165) is 37.7 Å². The molecule has 30 heavy (non-hydrogen) atoms. The van der Waals surface area contributed by atoms with Crippen molar-refractivity contribution in [3.05, 3.63) is 35.4 Å². The van der Waals surface area contributed by atoms with Gasteiger partial charge in [0.25, 0.3) is 5.97 Å². The van der Waals surface area contributed by atoms with Gasteiger partial charge in [-0.05, 0) is 36.8 Å². The summed E-state index contributed by atoms with van der Waals surface area (Å²) in [6.07, 6.45) is 11.4. The molecule has 0 fully saturated rings. The van der Waals surface area contributed by atoms with Gasteiger partial charge >= 0.3 is 0 Å². The van der Waals surface area contributed by atoms with Crippen molar-refractivity contribution in [3.63, 3.8) is 0 Å². The Kier molecular flexibility index (Phi) is 15.5. The zero-order valence-electron chi connectivity index (χ0n) is 19.9. The first-order chi connectivity index (χ1) is 14.7. The van der Waals surface area contributed by atoms with Gasteiger partial charge in [-0.2, -0.15) is 0 Å². The summed E-state index contributed by atoms with van der Waals surface area (Å²) in [5.41, 5.74) is 2.34. The third-order valence-electron chi connectivity index (χ3n) is 5.33. The molecule has 0 amide bonds. The summed E-state index contributed by atoms with van der Waals surface area (Å²) < 4.78 is 19.1. The van der Waals surface area contributed by atoms with E-state index in [1.165, 1.54) is 37.7 Å². The molecule has 1 aromatic carbocycles. The summed E-state index contributed by atoms with van der Waals surface area (Å²) in [6.45, 7) is 10.5. The lowest BCUT2D eigenvalue weighted by Gasteiger charge is -2.40. The van der Waals surface area contributed by atoms with Crippen LogP contribution in [-0.4, -0.2) is 25.8 Å². The highest BCUT2D eigenvalue weighted by atomic mass is 35.5. The first kappa shape index (κ1) is 27.4. The van der Waals surface area contributed by atoms with Crippen molar-refractivity contribution in [3.8, 4) is 0 Å². The number of benzene rings is 1. The zero-order chi connectivity index (χ0) is 22.1. The van der Waals surface area contributed by atoms with E-state index in [2.05, 4.69) is 52.0 Å². The maximum Gasteiger partial charge on any atom is 0.290 e. The van der Waals surface area contributed by atoms with Crippen LogP contribution in [-0.2, 0) is 20.1 Å². The maximum absolute atomic E-state index is 6.38. The standard InChI is InChI=1S/C26H45ClO3/c1-5-9-10-11-12-13-14-25(24-17-15-23(22-27)16-18-24)26(28-19-6-2,29-20-7-3)30-21-8-4/h15-18,25H,5-14,19-22H2,1-4H3. The summed E-state index contributed by atoms with van der Waals surface area (Å²) in [5, 5.41) is 0. The highest BCUT2D eigenvalue weighted by Crippen LogP contribution is 2.39. The molecule has 174 valence electrons. The summed E-state index contributed by atoms with van der Waals surface area (Å²) in [4.78, 5) is 0. The van der Waals surface area contributed by atoms with E-state index in [-0.39, 0.29) is 5.92 Å². The second-order valence-electron chi connectivity index (χ2n) is 8.13. The number of halogens is 1.